The van der Waals surface area contributed by atoms with Crippen molar-refractivity contribution in [3.8, 4) is 0 Å². The minimum atomic E-state index is -0.851. The molecule has 0 saturated carbocycles. The Morgan fingerprint density at radius 3 is 2.42 bits per heavy atom. The zero-order chi connectivity index (χ0) is 14.2. The number of carbonyl (C=O) groups excluding carboxylic acids is 1. The lowest BCUT2D eigenvalue weighted by Gasteiger charge is -2.06. The van der Waals surface area contributed by atoms with Crippen LogP contribution in [-0.4, -0.2) is 5.78 Å². The van der Waals surface area contributed by atoms with Gasteiger partial charge in [-0.2, -0.15) is 0 Å². The molecule has 0 aliphatic carbocycles. The lowest BCUT2D eigenvalue weighted by atomic mass is 10.0. The van der Waals surface area contributed by atoms with Gasteiger partial charge >= 0.3 is 0 Å². The molecule has 0 saturated heterocycles. The van der Waals surface area contributed by atoms with Gasteiger partial charge in [-0.15, -0.1) is 0 Å². The fraction of sp³-hybridized carbons (Fsp3) is 0. The van der Waals surface area contributed by atoms with Gasteiger partial charge in [0.15, 0.2) is 11.6 Å². The largest absolute Gasteiger partial charge is 0.288 e. The molecular weight excluding hydrogens is 361 g/mol. The van der Waals surface area contributed by atoms with Crippen LogP contribution in [0.3, 0.4) is 0 Å². The van der Waals surface area contributed by atoms with Crippen molar-refractivity contribution in [1.29, 1.82) is 0 Å². The summed E-state index contributed by atoms with van der Waals surface area (Å²) in [6, 6.07) is 6.25. The molecule has 0 spiro atoms. The van der Waals surface area contributed by atoms with Crippen LogP contribution in [0.5, 0.6) is 0 Å². The van der Waals surface area contributed by atoms with Crippen LogP contribution >= 0.6 is 39.1 Å². The van der Waals surface area contributed by atoms with Crippen molar-refractivity contribution in [2.75, 3.05) is 0 Å². The molecule has 0 bridgehead atoms. The van der Waals surface area contributed by atoms with Crippen molar-refractivity contribution >= 4 is 44.9 Å². The molecular formula is C13H5BrCl2F2O. The standard InChI is InChI=1S/C13H5BrCl2F2O/c14-8-3-2-7(12(18)11(8)16)13(19)6-1-4-9(15)10(17)5-6/h1-5H. The van der Waals surface area contributed by atoms with E-state index in [1.54, 1.807) is 0 Å². The molecule has 0 aliphatic rings. The summed E-state index contributed by atoms with van der Waals surface area (Å²) in [5.74, 6) is -2.25. The first-order valence-corrected chi connectivity index (χ1v) is 6.60. The average Bonchev–Trinajstić information content (AvgIpc) is 2.39. The van der Waals surface area contributed by atoms with E-state index in [1.165, 1.54) is 24.3 Å². The topological polar surface area (TPSA) is 17.1 Å². The second-order valence-electron chi connectivity index (χ2n) is 3.68. The molecule has 2 rings (SSSR count). The van der Waals surface area contributed by atoms with E-state index in [0.717, 1.165) is 6.07 Å². The van der Waals surface area contributed by atoms with Crippen LogP contribution in [-0.2, 0) is 0 Å². The Kier molecular flexibility index (Phi) is 4.23. The van der Waals surface area contributed by atoms with Crippen molar-refractivity contribution in [3.05, 3.63) is 67.6 Å². The lowest BCUT2D eigenvalue weighted by Crippen LogP contribution is -2.05. The summed E-state index contributed by atoms with van der Waals surface area (Å²) in [5, 5.41) is -0.300. The molecule has 0 aliphatic heterocycles. The normalized spacial score (nSPS) is 10.6. The Balaban J connectivity index is 2.50. The predicted octanol–water partition coefficient (Wildman–Crippen LogP) is 5.27. The number of benzene rings is 2. The van der Waals surface area contributed by atoms with Gasteiger partial charge < -0.3 is 0 Å². The van der Waals surface area contributed by atoms with Crippen LogP contribution in [0.2, 0.25) is 10.0 Å². The second kappa shape index (κ2) is 5.57. The maximum absolute atomic E-state index is 13.9. The molecule has 0 fully saturated rings. The highest BCUT2D eigenvalue weighted by molar-refractivity contribution is 9.10. The molecule has 0 aromatic heterocycles. The van der Waals surface area contributed by atoms with E-state index in [2.05, 4.69) is 15.9 Å². The number of carbonyl (C=O) groups is 1. The van der Waals surface area contributed by atoms with Crippen LogP contribution in [0, 0.1) is 11.6 Å². The van der Waals surface area contributed by atoms with Gasteiger partial charge in [0, 0.05) is 10.0 Å². The zero-order valence-electron chi connectivity index (χ0n) is 9.18. The van der Waals surface area contributed by atoms with Gasteiger partial charge in [-0.1, -0.05) is 23.2 Å². The summed E-state index contributed by atoms with van der Waals surface area (Å²) < 4.78 is 27.5. The fourth-order valence-corrected chi connectivity index (χ4v) is 2.08. The molecule has 0 radical (unpaired) electrons. The molecule has 2 aromatic carbocycles. The van der Waals surface area contributed by atoms with E-state index in [4.69, 9.17) is 23.2 Å². The summed E-state index contributed by atoms with van der Waals surface area (Å²) >= 11 is 14.3. The highest BCUT2D eigenvalue weighted by Crippen LogP contribution is 2.29. The number of rotatable bonds is 2. The van der Waals surface area contributed by atoms with Crippen molar-refractivity contribution in [2.45, 2.75) is 0 Å². The molecule has 0 N–H and O–H groups in total. The third-order valence-electron chi connectivity index (χ3n) is 2.46. The zero-order valence-corrected chi connectivity index (χ0v) is 12.3. The van der Waals surface area contributed by atoms with Crippen molar-refractivity contribution in [3.63, 3.8) is 0 Å². The van der Waals surface area contributed by atoms with Crippen LogP contribution in [0.15, 0.2) is 34.8 Å². The lowest BCUT2D eigenvalue weighted by molar-refractivity contribution is 0.103. The molecule has 2 aromatic rings. The summed E-state index contributed by atoms with van der Waals surface area (Å²) in [6.45, 7) is 0. The second-order valence-corrected chi connectivity index (χ2v) is 5.32. The van der Waals surface area contributed by atoms with Gasteiger partial charge in [0.25, 0.3) is 0 Å². The number of hydrogen-bond donors (Lipinski definition) is 0. The monoisotopic (exact) mass is 364 g/mol. The SMILES string of the molecule is O=C(c1ccc(Cl)c(F)c1)c1ccc(Br)c(Cl)c1F. The minimum absolute atomic E-state index is 0.000751. The molecule has 0 amide bonds. The minimum Gasteiger partial charge on any atom is -0.288 e. The van der Waals surface area contributed by atoms with Gasteiger partial charge in [0.1, 0.15) is 5.82 Å². The van der Waals surface area contributed by atoms with Gasteiger partial charge in [0.2, 0.25) is 0 Å². The van der Waals surface area contributed by atoms with E-state index < -0.39 is 17.4 Å². The Labute approximate surface area is 126 Å². The molecule has 0 unspecified atom stereocenters. The third kappa shape index (κ3) is 2.81. The van der Waals surface area contributed by atoms with E-state index in [0.29, 0.717) is 4.47 Å². The maximum atomic E-state index is 13.9. The molecule has 0 atom stereocenters. The maximum Gasteiger partial charge on any atom is 0.196 e. The summed E-state index contributed by atoms with van der Waals surface area (Å²) in [7, 11) is 0. The van der Waals surface area contributed by atoms with Crippen LogP contribution in [0.25, 0.3) is 0 Å². The molecule has 1 nitrogen and oxygen atoms in total. The Morgan fingerprint density at radius 1 is 1.11 bits per heavy atom. The van der Waals surface area contributed by atoms with Gasteiger partial charge in [-0.25, -0.2) is 8.78 Å². The van der Waals surface area contributed by atoms with E-state index >= 15 is 0 Å². The summed E-state index contributed by atoms with van der Waals surface area (Å²) in [5.41, 5.74) is -0.228. The van der Waals surface area contributed by atoms with Gasteiger partial charge in [-0.3, -0.25) is 4.79 Å². The smallest absolute Gasteiger partial charge is 0.196 e. The van der Waals surface area contributed by atoms with Crippen LogP contribution in [0.4, 0.5) is 8.78 Å². The van der Waals surface area contributed by atoms with Crippen molar-refractivity contribution < 1.29 is 13.6 Å². The first kappa shape index (κ1) is 14.4. The molecule has 19 heavy (non-hydrogen) atoms. The molecule has 0 heterocycles. The van der Waals surface area contributed by atoms with Gasteiger partial charge in [-0.05, 0) is 46.3 Å². The van der Waals surface area contributed by atoms with Crippen LogP contribution < -0.4 is 0 Å². The third-order valence-corrected chi connectivity index (χ3v) is 4.03. The average molecular weight is 366 g/mol. The van der Waals surface area contributed by atoms with Crippen molar-refractivity contribution in [2.24, 2.45) is 0 Å². The Hall–Kier alpha value is -0.970. The first-order valence-electron chi connectivity index (χ1n) is 5.05. The fourth-order valence-electron chi connectivity index (χ4n) is 1.49. The highest BCUT2D eigenvalue weighted by atomic mass is 79.9. The van der Waals surface area contributed by atoms with E-state index in [1.807, 2.05) is 0 Å². The van der Waals surface area contributed by atoms with Gasteiger partial charge in [0.05, 0.1) is 15.6 Å². The molecule has 98 valence electrons. The quantitative estimate of drug-likeness (QED) is 0.523. The first-order chi connectivity index (χ1) is 8.91. The summed E-state index contributed by atoms with van der Waals surface area (Å²) in [6.07, 6.45) is 0. The van der Waals surface area contributed by atoms with E-state index in [-0.39, 0.29) is 21.2 Å². The van der Waals surface area contributed by atoms with E-state index in [9.17, 15) is 13.6 Å². The number of ketones is 1. The number of halogens is 5. The Morgan fingerprint density at radius 2 is 1.79 bits per heavy atom. The summed E-state index contributed by atoms with van der Waals surface area (Å²) in [4.78, 5) is 12.1. The predicted molar refractivity (Wildman–Crippen MR) is 74.0 cm³/mol. The van der Waals surface area contributed by atoms with Crippen LogP contribution in [0.1, 0.15) is 15.9 Å². The number of hydrogen-bond acceptors (Lipinski definition) is 1. The van der Waals surface area contributed by atoms with Crippen molar-refractivity contribution in [1.82, 2.24) is 0 Å². The Bertz CT molecular complexity index is 674. The molecule has 6 heteroatoms. The highest BCUT2D eigenvalue weighted by Gasteiger charge is 2.18.